The molecule has 9 heteroatoms. The van der Waals surface area contributed by atoms with Crippen LogP contribution in [0.5, 0.6) is 11.5 Å². The van der Waals surface area contributed by atoms with Gasteiger partial charge in [0.25, 0.3) is 0 Å². The summed E-state index contributed by atoms with van der Waals surface area (Å²) in [6, 6.07) is 5.59. The van der Waals surface area contributed by atoms with Gasteiger partial charge in [-0.05, 0) is 44.9 Å². The van der Waals surface area contributed by atoms with Crippen LogP contribution >= 0.6 is 24.0 Å². The van der Waals surface area contributed by atoms with Crippen molar-refractivity contribution in [3.05, 3.63) is 23.8 Å². The summed E-state index contributed by atoms with van der Waals surface area (Å²) < 4.78 is 15.8. The molecule has 1 unspecified atom stereocenters. The zero-order valence-electron chi connectivity index (χ0n) is 18.9. The molecule has 0 aliphatic heterocycles. The Morgan fingerprint density at radius 2 is 1.87 bits per heavy atom. The standard InChI is InChI=1S/C21H36N4O4.HI/c1-7-8-9-16(14-24-20(26)29-21(2,3)4)25-19(22)23-13-15-10-11-17(27-5)18(12-15)28-6;/h10-12,16H,7-9,13-14H2,1-6H3,(H,24,26)(H3,22,23,25);1H. The maximum Gasteiger partial charge on any atom is 0.407 e. The van der Waals surface area contributed by atoms with Crippen molar-refractivity contribution >= 4 is 36.0 Å². The highest BCUT2D eigenvalue weighted by molar-refractivity contribution is 14.0. The molecular formula is C21H37IN4O4. The summed E-state index contributed by atoms with van der Waals surface area (Å²) in [5, 5.41) is 5.98. The summed E-state index contributed by atoms with van der Waals surface area (Å²) in [5.74, 6) is 1.64. The molecular weight excluding hydrogens is 499 g/mol. The van der Waals surface area contributed by atoms with Crippen molar-refractivity contribution in [1.29, 1.82) is 0 Å². The van der Waals surface area contributed by atoms with Crippen molar-refractivity contribution in [2.75, 3.05) is 20.8 Å². The first kappa shape index (κ1) is 28.1. The van der Waals surface area contributed by atoms with E-state index in [9.17, 15) is 4.79 Å². The van der Waals surface area contributed by atoms with Crippen LogP contribution in [0.4, 0.5) is 4.79 Å². The van der Waals surface area contributed by atoms with Crippen LogP contribution < -0.4 is 25.8 Å². The number of hydrogen-bond donors (Lipinski definition) is 3. The van der Waals surface area contributed by atoms with Crippen LogP contribution in [0, 0.1) is 0 Å². The average molecular weight is 536 g/mol. The number of aliphatic imine (C=N–C) groups is 1. The molecule has 0 radical (unpaired) electrons. The van der Waals surface area contributed by atoms with Crippen LogP contribution in [0.3, 0.4) is 0 Å². The Kier molecular flexibility index (Phi) is 13.3. The van der Waals surface area contributed by atoms with Crippen LogP contribution in [0.25, 0.3) is 0 Å². The largest absolute Gasteiger partial charge is 0.493 e. The van der Waals surface area contributed by atoms with Gasteiger partial charge in [-0.15, -0.1) is 24.0 Å². The summed E-state index contributed by atoms with van der Waals surface area (Å²) in [6.07, 6.45) is 2.48. The second kappa shape index (κ2) is 14.2. The van der Waals surface area contributed by atoms with Gasteiger partial charge in [0.15, 0.2) is 17.5 Å². The number of carbonyl (C=O) groups excluding carboxylic acids is 1. The number of guanidine groups is 1. The number of alkyl carbamates (subject to hydrolysis) is 1. The molecule has 1 amide bonds. The van der Waals surface area contributed by atoms with E-state index in [2.05, 4.69) is 22.5 Å². The van der Waals surface area contributed by atoms with Gasteiger partial charge in [0, 0.05) is 12.6 Å². The third kappa shape index (κ3) is 11.3. The molecule has 1 atom stereocenters. The molecule has 0 aromatic heterocycles. The number of nitrogens with zero attached hydrogens (tertiary/aromatic N) is 1. The van der Waals surface area contributed by atoms with E-state index < -0.39 is 11.7 Å². The first-order valence-electron chi connectivity index (χ1n) is 9.92. The molecule has 172 valence electrons. The third-order valence-corrected chi connectivity index (χ3v) is 4.03. The summed E-state index contributed by atoms with van der Waals surface area (Å²) in [7, 11) is 3.19. The maximum atomic E-state index is 11.9. The number of benzene rings is 1. The van der Waals surface area contributed by atoms with Crippen molar-refractivity contribution in [3.8, 4) is 11.5 Å². The molecule has 1 aromatic rings. The number of halogens is 1. The number of rotatable bonds is 10. The zero-order valence-corrected chi connectivity index (χ0v) is 21.2. The summed E-state index contributed by atoms with van der Waals surface area (Å²) in [5.41, 5.74) is 6.49. The van der Waals surface area contributed by atoms with Crippen LogP contribution in [0.2, 0.25) is 0 Å². The molecule has 0 heterocycles. The molecule has 1 rings (SSSR count). The lowest BCUT2D eigenvalue weighted by Crippen LogP contribution is -2.47. The Morgan fingerprint density at radius 1 is 1.20 bits per heavy atom. The molecule has 0 fully saturated rings. The van der Waals surface area contributed by atoms with Gasteiger partial charge in [-0.3, -0.25) is 0 Å². The number of hydrogen-bond acceptors (Lipinski definition) is 5. The molecule has 8 nitrogen and oxygen atoms in total. The van der Waals surface area contributed by atoms with Crippen LogP contribution in [-0.4, -0.2) is 44.5 Å². The van der Waals surface area contributed by atoms with E-state index in [1.807, 2.05) is 39.0 Å². The van der Waals surface area contributed by atoms with Gasteiger partial charge in [-0.2, -0.15) is 0 Å². The lowest BCUT2D eigenvalue weighted by atomic mass is 10.1. The summed E-state index contributed by atoms with van der Waals surface area (Å²) in [6.45, 7) is 8.42. The van der Waals surface area contributed by atoms with Crippen molar-refractivity contribution in [2.45, 2.75) is 65.1 Å². The van der Waals surface area contributed by atoms with Crippen LogP contribution in [-0.2, 0) is 11.3 Å². The van der Waals surface area contributed by atoms with E-state index >= 15 is 0 Å². The number of methoxy groups -OCH3 is 2. The Bertz CT molecular complexity index is 677. The summed E-state index contributed by atoms with van der Waals surface area (Å²) >= 11 is 0. The lowest BCUT2D eigenvalue weighted by Gasteiger charge is -2.23. The number of nitrogens with two attached hydrogens (primary N) is 1. The molecule has 0 aliphatic rings. The predicted molar refractivity (Wildman–Crippen MR) is 131 cm³/mol. The first-order valence-corrected chi connectivity index (χ1v) is 9.92. The van der Waals surface area contributed by atoms with E-state index in [0.717, 1.165) is 24.8 Å². The molecule has 1 aromatic carbocycles. The Balaban J connectivity index is 0.00000841. The Hall–Kier alpha value is -1.91. The van der Waals surface area contributed by atoms with Crippen molar-refractivity contribution in [3.63, 3.8) is 0 Å². The minimum Gasteiger partial charge on any atom is -0.493 e. The van der Waals surface area contributed by atoms with Gasteiger partial charge in [0.2, 0.25) is 0 Å². The predicted octanol–water partition coefficient (Wildman–Crippen LogP) is 3.81. The molecule has 0 spiro atoms. The highest BCUT2D eigenvalue weighted by atomic mass is 127. The smallest absolute Gasteiger partial charge is 0.407 e. The van der Waals surface area contributed by atoms with Gasteiger partial charge in [0.05, 0.1) is 20.8 Å². The minimum atomic E-state index is -0.531. The molecule has 4 N–H and O–H groups in total. The zero-order chi connectivity index (χ0) is 21.9. The number of amides is 1. The van der Waals surface area contributed by atoms with Crippen molar-refractivity contribution in [1.82, 2.24) is 10.6 Å². The van der Waals surface area contributed by atoms with E-state index in [4.69, 9.17) is 19.9 Å². The fraction of sp³-hybridized carbons (Fsp3) is 0.619. The maximum absolute atomic E-state index is 11.9. The minimum absolute atomic E-state index is 0. The van der Waals surface area contributed by atoms with Gasteiger partial charge >= 0.3 is 6.09 Å². The highest BCUT2D eigenvalue weighted by Crippen LogP contribution is 2.27. The normalized spacial score (nSPS) is 12.4. The van der Waals surface area contributed by atoms with E-state index in [-0.39, 0.29) is 30.0 Å². The van der Waals surface area contributed by atoms with E-state index in [1.165, 1.54) is 0 Å². The highest BCUT2D eigenvalue weighted by Gasteiger charge is 2.17. The number of carbonyl (C=O) groups is 1. The first-order chi connectivity index (χ1) is 13.7. The Labute approximate surface area is 197 Å². The summed E-state index contributed by atoms with van der Waals surface area (Å²) in [4.78, 5) is 16.3. The van der Waals surface area contributed by atoms with Gasteiger partial charge in [0.1, 0.15) is 5.60 Å². The van der Waals surface area contributed by atoms with Crippen LogP contribution in [0.1, 0.15) is 52.5 Å². The number of ether oxygens (including phenoxy) is 3. The monoisotopic (exact) mass is 536 g/mol. The SMILES string of the molecule is CCCCC(CNC(=O)OC(C)(C)C)NC(N)=NCc1ccc(OC)c(OC)c1.I. The van der Waals surface area contributed by atoms with Crippen molar-refractivity contribution in [2.24, 2.45) is 10.7 Å². The second-order valence-electron chi connectivity index (χ2n) is 7.76. The van der Waals surface area contributed by atoms with E-state index in [0.29, 0.717) is 30.5 Å². The quantitative estimate of drug-likeness (QED) is 0.239. The number of nitrogens with one attached hydrogen (secondary N) is 2. The Morgan fingerprint density at radius 3 is 2.43 bits per heavy atom. The molecule has 0 aliphatic carbocycles. The molecule has 0 saturated heterocycles. The van der Waals surface area contributed by atoms with Crippen LogP contribution in [0.15, 0.2) is 23.2 Å². The molecule has 30 heavy (non-hydrogen) atoms. The third-order valence-electron chi connectivity index (χ3n) is 4.03. The van der Waals surface area contributed by atoms with Gasteiger partial charge in [-0.1, -0.05) is 25.8 Å². The topological polar surface area (TPSA) is 107 Å². The fourth-order valence-corrected chi connectivity index (χ4v) is 2.61. The van der Waals surface area contributed by atoms with Gasteiger partial charge < -0.3 is 30.6 Å². The molecule has 0 saturated carbocycles. The second-order valence-corrected chi connectivity index (χ2v) is 7.76. The molecule has 0 bridgehead atoms. The van der Waals surface area contributed by atoms with Crippen molar-refractivity contribution < 1.29 is 19.0 Å². The lowest BCUT2D eigenvalue weighted by molar-refractivity contribution is 0.0523. The number of unbranched alkanes of at least 4 members (excludes halogenated alkanes) is 1. The van der Waals surface area contributed by atoms with Gasteiger partial charge in [-0.25, -0.2) is 9.79 Å². The fourth-order valence-electron chi connectivity index (χ4n) is 2.61. The average Bonchev–Trinajstić information content (AvgIpc) is 2.66. The van der Waals surface area contributed by atoms with E-state index in [1.54, 1.807) is 14.2 Å².